The van der Waals surface area contributed by atoms with E-state index in [1.165, 1.54) is 6.92 Å². The Kier molecular flexibility index (Phi) is 2.06. The second-order valence-electron chi connectivity index (χ2n) is 2.81. The summed E-state index contributed by atoms with van der Waals surface area (Å²) in [7, 11) is 0. The molecule has 2 rings (SSSR count). The molecule has 0 radical (unpaired) electrons. The number of rotatable bonds is 2. The van der Waals surface area contributed by atoms with Crippen LogP contribution < -0.4 is 0 Å². The van der Waals surface area contributed by atoms with Crippen LogP contribution in [-0.4, -0.2) is 26.2 Å². The molecule has 0 atom stereocenters. The number of hydrogen-bond donors (Lipinski definition) is 1. The van der Waals surface area contributed by atoms with Crippen LogP contribution in [0.2, 0.25) is 0 Å². The molecule has 2 aromatic rings. The molecular formula is C9H8N4O. The van der Waals surface area contributed by atoms with Crippen LogP contribution in [0.4, 0.5) is 0 Å². The van der Waals surface area contributed by atoms with Gasteiger partial charge < -0.3 is 0 Å². The van der Waals surface area contributed by atoms with Gasteiger partial charge in [0.15, 0.2) is 11.5 Å². The zero-order valence-electron chi connectivity index (χ0n) is 7.56. The van der Waals surface area contributed by atoms with Crippen molar-refractivity contribution in [2.45, 2.75) is 6.92 Å². The number of carbonyl (C=O) groups excluding carboxylic acids is 1. The van der Waals surface area contributed by atoms with Crippen molar-refractivity contribution in [2.24, 2.45) is 0 Å². The molecule has 0 bridgehead atoms. The monoisotopic (exact) mass is 188 g/mol. The van der Waals surface area contributed by atoms with E-state index in [0.29, 0.717) is 11.4 Å². The Morgan fingerprint density at radius 1 is 1.29 bits per heavy atom. The maximum atomic E-state index is 11.2. The molecular weight excluding hydrogens is 180 g/mol. The van der Waals surface area contributed by atoms with Crippen LogP contribution in [-0.2, 0) is 0 Å². The van der Waals surface area contributed by atoms with Crippen LogP contribution in [0.3, 0.4) is 0 Å². The topological polar surface area (TPSA) is 71.5 Å². The van der Waals surface area contributed by atoms with Gasteiger partial charge in [-0.05, 0) is 12.1 Å². The number of ketones is 1. The number of aromatic amines is 1. The zero-order chi connectivity index (χ0) is 9.97. The predicted octanol–water partition coefficient (Wildman–Crippen LogP) is 1.07. The highest BCUT2D eigenvalue weighted by Gasteiger charge is 2.13. The molecule has 0 unspecified atom stereocenters. The average Bonchev–Trinajstić information content (AvgIpc) is 2.67. The highest BCUT2D eigenvalue weighted by atomic mass is 16.1. The van der Waals surface area contributed by atoms with Gasteiger partial charge in [-0.15, -0.1) is 0 Å². The summed E-state index contributed by atoms with van der Waals surface area (Å²) >= 11 is 0. The van der Waals surface area contributed by atoms with E-state index in [-0.39, 0.29) is 5.78 Å². The quantitative estimate of drug-likeness (QED) is 0.715. The Bertz CT molecular complexity index is 449. The average molecular weight is 188 g/mol. The van der Waals surface area contributed by atoms with Crippen molar-refractivity contribution in [3.05, 3.63) is 30.2 Å². The molecule has 0 fully saturated rings. The third-order valence-corrected chi connectivity index (χ3v) is 1.84. The number of nitrogens with zero attached hydrogens (tertiary/aromatic N) is 3. The lowest BCUT2D eigenvalue weighted by atomic mass is 10.1. The van der Waals surface area contributed by atoms with Crippen molar-refractivity contribution in [3.63, 3.8) is 0 Å². The molecule has 2 heterocycles. The van der Waals surface area contributed by atoms with Crippen molar-refractivity contribution in [3.8, 4) is 11.3 Å². The molecule has 5 heteroatoms. The van der Waals surface area contributed by atoms with E-state index in [2.05, 4.69) is 20.4 Å². The van der Waals surface area contributed by atoms with Crippen molar-refractivity contribution < 1.29 is 4.79 Å². The van der Waals surface area contributed by atoms with E-state index in [9.17, 15) is 4.79 Å². The molecule has 0 aliphatic heterocycles. The van der Waals surface area contributed by atoms with Gasteiger partial charge in [-0.2, -0.15) is 15.4 Å². The molecule has 70 valence electrons. The number of carbonyl (C=O) groups is 1. The van der Waals surface area contributed by atoms with E-state index in [0.717, 1.165) is 5.56 Å². The molecule has 0 amide bonds. The highest BCUT2D eigenvalue weighted by Crippen LogP contribution is 2.18. The SMILES string of the molecule is CC(=O)c1n[nH]nc1-c1ccncc1. The minimum Gasteiger partial charge on any atom is -0.293 e. The summed E-state index contributed by atoms with van der Waals surface area (Å²) in [5, 5.41) is 10.1. The van der Waals surface area contributed by atoms with E-state index < -0.39 is 0 Å². The third-order valence-electron chi connectivity index (χ3n) is 1.84. The van der Waals surface area contributed by atoms with Gasteiger partial charge in [0.2, 0.25) is 0 Å². The Morgan fingerprint density at radius 2 is 2.00 bits per heavy atom. The van der Waals surface area contributed by atoms with E-state index >= 15 is 0 Å². The van der Waals surface area contributed by atoms with E-state index in [1.807, 2.05) is 0 Å². The minimum atomic E-state index is -0.106. The molecule has 0 saturated carbocycles. The summed E-state index contributed by atoms with van der Waals surface area (Å²) in [6, 6.07) is 3.56. The molecule has 5 nitrogen and oxygen atoms in total. The zero-order valence-corrected chi connectivity index (χ0v) is 7.56. The predicted molar refractivity (Wildman–Crippen MR) is 49.6 cm³/mol. The van der Waals surface area contributed by atoms with Crippen LogP contribution in [0.15, 0.2) is 24.5 Å². The highest BCUT2D eigenvalue weighted by molar-refractivity contribution is 5.97. The fourth-order valence-electron chi connectivity index (χ4n) is 1.19. The lowest BCUT2D eigenvalue weighted by molar-refractivity contribution is 0.101. The largest absolute Gasteiger partial charge is 0.293 e. The summed E-state index contributed by atoms with van der Waals surface area (Å²) < 4.78 is 0. The first kappa shape index (κ1) is 8.55. The number of H-pyrrole nitrogens is 1. The maximum Gasteiger partial charge on any atom is 0.182 e. The number of hydrogen-bond acceptors (Lipinski definition) is 4. The van der Waals surface area contributed by atoms with E-state index in [1.54, 1.807) is 24.5 Å². The smallest absolute Gasteiger partial charge is 0.182 e. The summed E-state index contributed by atoms with van der Waals surface area (Å²) in [6.07, 6.45) is 3.29. The third kappa shape index (κ3) is 1.39. The normalized spacial score (nSPS) is 10.1. The summed E-state index contributed by atoms with van der Waals surface area (Å²) in [6.45, 7) is 1.46. The standard InChI is InChI=1S/C9H8N4O/c1-6(14)8-9(12-13-11-8)7-2-4-10-5-3-7/h2-5H,1H3,(H,11,12,13). The van der Waals surface area contributed by atoms with Gasteiger partial charge >= 0.3 is 0 Å². The Labute approximate surface area is 80.2 Å². The first-order valence-electron chi connectivity index (χ1n) is 4.11. The van der Waals surface area contributed by atoms with Gasteiger partial charge in [0.1, 0.15) is 5.69 Å². The molecule has 1 N–H and O–H groups in total. The summed E-state index contributed by atoms with van der Waals surface area (Å²) in [5.74, 6) is -0.106. The molecule has 0 aliphatic carbocycles. The molecule has 14 heavy (non-hydrogen) atoms. The maximum absolute atomic E-state index is 11.2. The number of Topliss-reactive ketones (excluding diaryl/α,β-unsaturated/α-hetero) is 1. The number of aromatic nitrogens is 4. The van der Waals surface area contributed by atoms with Crippen molar-refractivity contribution in [1.29, 1.82) is 0 Å². The van der Waals surface area contributed by atoms with Gasteiger partial charge in [0.05, 0.1) is 0 Å². The van der Waals surface area contributed by atoms with Crippen molar-refractivity contribution in [2.75, 3.05) is 0 Å². The van der Waals surface area contributed by atoms with Gasteiger partial charge in [0.25, 0.3) is 0 Å². The molecule has 0 aromatic carbocycles. The fraction of sp³-hybridized carbons (Fsp3) is 0.111. The lowest BCUT2D eigenvalue weighted by Crippen LogP contribution is -1.95. The molecule has 2 aromatic heterocycles. The Balaban J connectivity index is 2.52. The molecule has 0 aliphatic rings. The molecule has 0 saturated heterocycles. The van der Waals surface area contributed by atoms with Gasteiger partial charge in [-0.3, -0.25) is 9.78 Å². The number of nitrogens with one attached hydrogen (secondary N) is 1. The Hall–Kier alpha value is -2.04. The van der Waals surface area contributed by atoms with Crippen LogP contribution >= 0.6 is 0 Å². The van der Waals surface area contributed by atoms with Crippen molar-refractivity contribution in [1.82, 2.24) is 20.4 Å². The second-order valence-corrected chi connectivity index (χ2v) is 2.81. The van der Waals surface area contributed by atoms with Crippen molar-refractivity contribution >= 4 is 5.78 Å². The van der Waals surface area contributed by atoms with Gasteiger partial charge in [0, 0.05) is 24.9 Å². The van der Waals surface area contributed by atoms with Crippen LogP contribution in [0.1, 0.15) is 17.4 Å². The van der Waals surface area contributed by atoms with Crippen LogP contribution in [0, 0.1) is 0 Å². The Morgan fingerprint density at radius 3 is 2.64 bits per heavy atom. The lowest BCUT2D eigenvalue weighted by Gasteiger charge is -1.95. The van der Waals surface area contributed by atoms with Gasteiger partial charge in [-0.25, -0.2) is 0 Å². The second kappa shape index (κ2) is 3.37. The van der Waals surface area contributed by atoms with Gasteiger partial charge in [-0.1, -0.05) is 0 Å². The summed E-state index contributed by atoms with van der Waals surface area (Å²) in [5.41, 5.74) is 1.76. The number of pyridine rings is 1. The van der Waals surface area contributed by atoms with E-state index in [4.69, 9.17) is 0 Å². The first-order valence-corrected chi connectivity index (χ1v) is 4.11. The minimum absolute atomic E-state index is 0.106. The van der Waals surface area contributed by atoms with Crippen LogP contribution in [0.5, 0.6) is 0 Å². The first-order chi connectivity index (χ1) is 6.79. The fourth-order valence-corrected chi connectivity index (χ4v) is 1.19. The molecule has 0 spiro atoms. The summed E-state index contributed by atoms with van der Waals surface area (Å²) in [4.78, 5) is 15.0. The van der Waals surface area contributed by atoms with Crippen LogP contribution in [0.25, 0.3) is 11.3 Å².